The number of carbonyl (C=O) groups excluding carboxylic acids is 2. The highest BCUT2D eigenvalue weighted by Gasteiger charge is 2.24. The third-order valence-electron chi connectivity index (χ3n) is 4.55. The fourth-order valence-corrected chi connectivity index (χ4v) is 3.54. The number of benzene rings is 2. The normalized spacial score (nSPS) is 14.7. The van der Waals surface area contributed by atoms with Crippen LogP contribution in [0.1, 0.15) is 23.2 Å². The van der Waals surface area contributed by atoms with Crippen LogP contribution in [0.2, 0.25) is 5.02 Å². The van der Waals surface area contributed by atoms with Crippen LogP contribution in [0.4, 0.5) is 4.79 Å². The topological polar surface area (TPSA) is 58.6 Å². The molecule has 0 unspecified atom stereocenters. The van der Waals surface area contributed by atoms with Gasteiger partial charge in [0.25, 0.3) is 5.91 Å². The van der Waals surface area contributed by atoms with E-state index in [4.69, 9.17) is 16.3 Å². The molecule has 2 aromatic rings. The van der Waals surface area contributed by atoms with Crippen LogP contribution in [0.5, 0.6) is 5.75 Å². The van der Waals surface area contributed by atoms with Crippen molar-refractivity contribution < 1.29 is 14.3 Å². The van der Waals surface area contributed by atoms with Crippen LogP contribution in [0.25, 0.3) is 0 Å². The van der Waals surface area contributed by atoms with Gasteiger partial charge in [-0.25, -0.2) is 4.79 Å². The lowest BCUT2D eigenvalue weighted by molar-refractivity contribution is 0.0931. The molecule has 1 aliphatic heterocycles. The van der Waals surface area contributed by atoms with Crippen LogP contribution in [-0.2, 0) is 0 Å². The van der Waals surface area contributed by atoms with Gasteiger partial charge in [-0.2, -0.15) is 0 Å². The highest BCUT2D eigenvalue weighted by atomic mass is 79.9. The molecule has 3 rings (SSSR count). The van der Waals surface area contributed by atoms with Crippen molar-refractivity contribution in [2.45, 2.75) is 12.8 Å². The van der Waals surface area contributed by atoms with E-state index < -0.39 is 0 Å². The van der Waals surface area contributed by atoms with E-state index >= 15 is 0 Å². The first kappa shape index (κ1) is 19.7. The summed E-state index contributed by atoms with van der Waals surface area (Å²) in [5.74, 6) is 0.677. The summed E-state index contributed by atoms with van der Waals surface area (Å²) in [6, 6.07) is 14.2. The highest BCUT2D eigenvalue weighted by Crippen LogP contribution is 2.22. The molecular formula is C20H20BrClN2O3. The van der Waals surface area contributed by atoms with Gasteiger partial charge < -0.3 is 15.0 Å². The summed E-state index contributed by atoms with van der Waals surface area (Å²) in [6.07, 6.45) is 1.30. The molecule has 7 heteroatoms. The van der Waals surface area contributed by atoms with Crippen LogP contribution in [0, 0.1) is 5.92 Å². The Labute approximate surface area is 171 Å². The van der Waals surface area contributed by atoms with Crippen molar-refractivity contribution in [3.8, 4) is 5.75 Å². The van der Waals surface area contributed by atoms with Crippen molar-refractivity contribution in [3.63, 3.8) is 0 Å². The molecule has 0 saturated carbocycles. The second-order valence-corrected chi connectivity index (χ2v) is 7.77. The SMILES string of the molecule is O=C(NCC1CCN(C(=O)Oc2ccccc2)CC1)c1cc(Br)ccc1Cl. The monoisotopic (exact) mass is 450 g/mol. The smallest absolute Gasteiger partial charge is 0.410 e. The Morgan fingerprint density at radius 3 is 2.56 bits per heavy atom. The van der Waals surface area contributed by atoms with Crippen molar-refractivity contribution in [2.75, 3.05) is 19.6 Å². The van der Waals surface area contributed by atoms with Gasteiger partial charge in [-0.05, 0) is 49.1 Å². The predicted octanol–water partition coefficient (Wildman–Crippen LogP) is 4.74. The molecular weight excluding hydrogens is 432 g/mol. The number of likely N-dealkylation sites (tertiary alicyclic amines) is 1. The van der Waals surface area contributed by atoms with Gasteiger partial charge in [0, 0.05) is 24.1 Å². The number of nitrogens with one attached hydrogen (secondary N) is 1. The van der Waals surface area contributed by atoms with E-state index in [-0.39, 0.29) is 12.0 Å². The second kappa shape index (κ2) is 9.24. The Kier molecular flexibility index (Phi) is 6.74. The van der Waals surface area contributed by atoms with Gasteiger partial charge >= 0.3 is 6.09 Å². The summed E-state index contributed by atoms with van der Waals surface area (Å²) in [5.41, 5.74) is 0.454. The lowest BCUT2D eigenvalue weighted by atomic mass is 9.97. The number of rotatable bonds is 4. The summed E-state index contributed by atoms with van der Waals surface area (Å²) in [4.78, 5) is 26.2. The quantitative estimate of drug-likeness (QED) is 0.730. The number of ether oxygens (including phenoxy) is 1. The molecule has 1 heterocycles. The van der Waals surface area contributed by atoms with Crippen molar-refractivity contribution in [2.24, 2.45) is 5.92 Å². The Hall–Kier alpha value is -2.05. The number of halogens is 2. The van der Waals surface area contributed by atoms with E-state index in [1.54, 1.807) is 35.2 Å². The maximum absolute atomic E-state index is 12.3. The van der Waals surface area contributed by atoms with Crippen LogP contribution in [0.3, 0.4) is 0 Å². The molecule has 2 amide bonds. The Morgan fingerprint density at radius 1 is 1.15 bits per heavy atom. The second-order valence-electron chi connectivity index (χ2n) is 6.45. The molecule has 5 nitrogen and oxygen atoms in total. The highest BCUT2D eigenvalue weighted by molar-refractivity contribution is 9.10. The fourth-order valence-electron chi connectivity index (χ4n) is 2.98. The molecule has 0 aliphatic carbocycles. The zero-order chi connectivity index (χ0) is 19.2. The number of para-hydroxylation sites is 1. The summed E-state index contributed by atoms with van der Waals surface area (Å²) in [5, 5.41) is 3.37. The summed E-state index contributed by atoms with van der Waals surface area (Å²) < 4.78 is 6.18. The maximum atomic E-state index is 12.3. The molecule has 2 aromatic carbocycles. The minimum Gasteiger partial charge on any atom is -0.410 e. The van der Waals surface area contributed by atoms with Crippen molar-refractivity contribution in [1.29, 1.82) is 0 Å². The molecule has 142 valence electrons. The van der Waals surface area contributed by atoms with E-state index in [9.17, 15) is 9.59 Å². The van der Waals surface area contributed by atoms with E-state index in [0.717, 1.165) is 17.3 Å². The molecule has 1 aliphatic rings. The fraction of sp³-hybridized carbons (Fsp3) is 0.300. The minimum atomic E-state index is -0.329. The molecule has 27 heavy (non-hydrogen) atoms. The first-order valence-corrected chi connectivity index (χ1v) is 9.95. The lowest BCUT2D eigenvalue weighted by Gasteiger charge is -2.31. The molecule has 0 atom stereocenters. The minimum absolute atomic E-state index is 0.188. The van der Waals surface area contributed by atoms with E-state index in [2.05, 4.69) is 21.2 Å². The van der Waals surface area contributed by atoms with E-state index in [1.165, 1.54) is 0 Å². The molecule has 0 radical (unpaired) electrons. The predicted molar refractivity (Wildman–Crippen MR) is 108 cm³/mol. The average molecular weight is 452 g/mol. The van der Waals surface area contributed by atoms with Crippen LogP contribution in [-0.4, -0.2) is 36.5 Å². The van der Waals surface area contributed by atoms with Crippen molar-refractivity contribution >= 4 is 39.5 Å². The number of hydrogen-bond donors (Lipinski definition) is 1. The zero-order valence-corrected chi connectivity index (χ0v) is 17.0. The molecule has 0 spiro atoms. The first-order valence-electron chi connectivity index (χ1n) is 8.78. The number of piperidine rings is 1. The van der Waals surface area contributed by atoms with Gasteiger partial charge in [0.05, 0.1) is 10.6 Å². The van der Waals surface area contributed by atoms with Gasteiger partial charge in [0.1, 0.15) is 5.75 Å². The largest absolute Gasteiger partial charge is 0.415 e. The lowest BCUT2D eigenvalue weighted by Crippen LogP contribution is -2.42. The first-order chi connectivity index (χ1) is 13.0. The zero-order valence-electron chi connectivity index (χ0n) is 14.7. The van der Waals surface area contributed by atoms with E-state index in [0.29, 0.717) is 41.9 Å². The van der Waals surface area contributed by atoms with Crippen LogP contribution < -0.4 is 10.1 Å². The van der Waals surface area contributed by atoms with Crippen molar-refractivity contribution in [3.05, 3.63) is 63.6 Å². The molecule has 1 saturated heterocycles. The number of hydrogen-bond acceptors (Lipinski definition) is 3. The number of carbonyl (C=O) groups is 2. The van der Waals surface area contributed by atoms with Gasteiger partial charge in [0.15, 0.2) is 0 Å². The van der Waals surface area contributed by atoms with Gasteiger partial charge in [-0.3, -0.25) is 4.79 Å². The molecule has 0 aromatic heterocycles. The molecule has 1 fully saturated rings. The van der Waals surface area contributed by atoms with Crippen LogP contribution >= 0.6 is 27.5 Å². The average Bonchev–Trinajstić information content (AvgIpc) is 2.69. The third kappa shape index (κ3) is 5.47. The third-order valence-corrected chi connectivity index (χ3v) is 5.37. The summed E-state index contributed by atoms with van der Waals surface area (Å²) in [6.45, 7) is 1.79. The van der Waals surface area contributed by atoms with Crippen molar-refractivity contribution in [1.82, 2.24) is 10.2 Å². The maximum Gasteiger partial charge on any atom is 0.415 e. The van der Waals surface area contributed by atoms with Crippen LogP contribution in [0.15, 0.2) is 53.0 Å². The number of amides is 2. The molecule has 1 N–H and O–H groups in total. The van der Waals surface area contributed by atoms with Gasteiger partial charge in [0.2, 0.25) is 0 Å². The van der Waals surface area contributed by atoms with E-state index in [1.807, 2.05) is 18.2 Å². The number of nitrogens with zero attached hydrogens (tertiary/aromatic N) is 1. The Balaban J connectivity index is 1.45. The molecule has 0 bridgehead atoms. The summed E-state index contributed by atoms with van der Waals surface area (Å²) in [7, 11) is 0. The Bertz CT molecular complexity index is 808. The standard InChI is InChI=1S/C20H20BrClN2O3/c21-15-6-7-18(22)17(12-15)19(25)23-13-14-8-10-24(11-9-14)20(26)27-16-4-2-1-3-5-16/h1-7,12,14H,8-11,13H2,(H,23,25). The van der Waals surface area contributed by atoms with Gasteiger partial charge in [-0.15, -0.1) is 0 Å². The summed E-state index contributed by atoms with van der Waals surface area (Å²) >= 11 is 9.44. The van der Waals surface area contributed by atoms with Gasteiger partial charge in [-0.1, -0.05) is 45.7 Å². The Morgan fingerprint density at radius 2 is 1.85 bits per heavy atom.